The SMILES string of the molecule is CCNC1CC(C)(C)Oc2c(F)cc(Br)cc21. The highest BCUT2D eigenvalue weighted by atomic mass is 79.9. The Labute approximate surface area is 110 Å². The van der Waals surface area contributed by atoms with E-state index in [4.69, 9.17) is 4.74 Å². The molecule has 0 saturated carbocycles. The molecule has 1 aromatic carbocycles. The first kappa shape index (κ1) is 12.8. The maximum atomic E-state index is 13.9. The van der Waals surface area contributed by atoms with Gasteiger partial charge in [-0.2, -0.15) is 0 Å². The Bertz CT molecular complexity index is 434. The average molecular weight is 302 g/mol. The second-order valence-electron chi connectivity index (χ2n) is 4.98. The number of rotatable bonds is 2. The van der Waals surface area contributed by atoms with Crippen LogP contribution in [0.4, 0.5) is 4.39 Å². The Morgan fingerprint density at radius 1 is 1.53 bits per heavy atom. The van der Waals surface area contributed by atoms with Crippen LogP contribution < -0.4 is 10.1 Å². The monoisotopic (exact) mass is 301 g/mol. The molecule has 1 aliphatic rings. The number of halogens is 2. The summed E-state index contributed by atoms with van der Waals surface area (Å²) in [6.45, 7) is 6.88. The lowest BCUT2D eigenvalue weighted by molar-refractivity contribution is 0.0611. The molecule has 2 rings (SSSR count). The summed E-state index contributed by atoms with van der Waals surface area (Å²) in [6, 6.07) is 3.52. The quantitative estimate of drug-likeness (QED) is 0.897. The Balaban J connectivity index is 2.48. The van der Waals surface area contributed by atoms with Crippen molar-refractivity contribution in [2.75, 3.05) is 6.54 Å². The first-order chi connectivity index (χ1) is 7.93. The lowest BCUT2D eigenvalue weighted by Crippen LogP contribution is -2.39. The van der Waals surface area contributed by atoms with Gasteiger partial charge in [-0.05, 0) is 32.5 Å². The minimum absolute atomic E-state index is 0.144. The first-order valence-corrected chi connectivity index (χ1v) is 6.63. The average Bonchev–Trinajstić information content (AvgIpc) is 2.19. The molecule has 4 heteroatoms. The number of hydrogen-bond donors (Lipinski definition) is 1. The van der Waals surface area contributed by atoms with E-state index in [-0.39, 0.29) is 17.5 Å². The predicted molar refractivity (Wildman–Crippen MR) is 69.8 cm³/mol. The van der Waals surface area contributed by atoms with Crippen LogP contribution in [0.1, 0.15) is 38.8 Å². The van der Waals surface area contributed by atoms with Crippen molar-refractivity contribution < 1.29 is 9.13 Å². The highest BCUT2D eigenvalue weighted by Crippen LogP contribution is 2.42. The molecule has 1 aromatic rings. The third-order valence-electron chi connectivity index (χ3n) is 2.94. The van der Waals surface area contributed by atoms with Gasteiger partial charge in [0.15, 0.2) is 11.6 Å². The van der Waals surface area contributed by atoms with Gasteiger partial charge in [0.2, 0.25) is 0 Å². The van der Waals surface area contributed by atoms with E-state index in [1.807, 2.05) is 19.9 Å². The molecule has 1 unspecified atom stereocenters. The van der Waals surface area contributed by atoms with Crippen LogP contribution >= 0.6 is 15.9 Å². The number of ether oxygens (including phenoxy) is 1. The summed E-state index contributed by atoms with van der Waals surface area (Å²) in [5.41, 5.74) is 0.562. The fourth-order valence-electron chi connectivity index (χ4n) is 2.29. The Morgan fingerprint density at radius 3 is 2.88 bits per heavy atom. The maximum absolute atomic E-state index is 13.9. The van der Waals surface area contributed by atoms with Crippen molar-refractivity contribution in [1.82, 2.24) is 5.32 Å². The molecule has 1 N–H and O–H groups in total. The van der Waals surface area contributed by atoms with Crippen LogP contribution in [0.15, 0.2) is 16.6 Å². The summed E-state index contributed by atoms with van der Waals surface area (Å²) >= 11 is 3.33. The van der Waals surface area contributed by atoms with Crippen molar-refractivity contribution in [3.05, 3.63) is 28.0 Å². The number of hydrogen-bond acceptors (Lipinski definition) is 2. The molecule has 1 atom stereocenters. The van der Waals surface area contributed by atoms with Gasteiger partial charge in [0.05, 0.1) is 0 Å². The van der Waals surface area contributed by atoms with Crippen LogP contribution in [0.3, 0.4) is 0 Å². The minimum Gasteiger partial charge on any atom is -0.484 e. The van der Waals surface area contributed by atoms with Crippen LogP contribution in [0.5, 0.6) is 5.75 Å². The van der Waals surface area contributed by atoms with E-state index in [0.717, 1.165) is 23.0 Å². The van der Waals surface area contributed by atoms with Crippen molar-refractivity contribution in [2.45, 2.75) is 38.8 Å². The molecular weight excluding hydrogens is 285 g/mol. The van der Waals surface area contributed by atoms with Crippen LogP contribution in [0.25, 0.3) is 0 Å². The maximum Gasteiger partial charge on any atom is 0.166 e. The Morgan fingerprint density at radius 2 is 2.24 bits per heavy atom. The van der Waals surface area contributed by atoms with Gasteiger partial charge >= 0.3 is 0 Å². The predicted octanol–water partition coefficient (Wildman–Crippen LogP) is 3.80. The van der Waals surface area contributed by atoms with Crippen molar-refractivity contribution in [3.63, 3.8) is 0 Å². The lowest BCUT2D eigenvalue weighted by Gasteiger charge is -2.38. The van der Waals surface area contributed by atoms with Gasteiger partial charge in [0, 0.05) is 22.5 Å². The molecule has 1 aliphatic heterocycles. The van der Waals surface area contributed by atoms with E-state index >= 15 is 0 Å². The molecule has 0 spiro atoms. The number of benzene rings is 1. The van der Waals surface area contributed by atoms with E-state index in [0.29, 0.717) is 5.75 Å². The Hall–Kier alpha value is -0.610. The zero-order chi connectivity index (χ0) is 12.6. The molecule has 0 aliphatic carbocycles. The molecule has 0 fully saturated rings. The van der Waals surface area contributed by atoms with Crippen molar-refractivity contribution in [1.29, 1.82) is 0 Å². The summed E-state index contributed by atoms with van der Waals surface area (Å²) in [5.74, 6) is 0.0838. The van der Waals surface area contributed by atoms with E-state index < -0.39 is 0 Å². The van der Waals surface area contributed by atoms with Gasteiger partial charge in [0.1, 0.15) is 5.60 Å². The van der Waals surface area contributed by atoms with Gasteiger partial charge in [-0.3, -0.25) is 0 Å². The van der Waals surface area contributed by atoms with E-state index in [1.165, 1.54) is 6.07 Å². The number of nitrogens with one attached hydrogen (secondary N) is 1. The van der Waals surface area contributed by atoms with Gasteiger partial charge in [-0.1, -0.05) is 22.9 Å². The van der Waals surface area contributed by atoms with Gasteiger partial charge in [0.25, 0.3) is 0 Å². The van der Waals surface area contributed by atoms with Crippen molar-refractivity contribution in [3.8, 4) is 5.75 Å². The summed E-state index contributed by atoms with van der Waals surface area (Å²) < 4.78 is 20.4. The molecule has 0 amide bonds. The molecule has 0 aromatic heterocycles. The Kier molecular flexibility index (Phi) is 3.46. The molecule has 0 bridgehead atoms. The summed E-state index contributed by atoms with van der Waals surface area (Å²) in [7, 11) is 0. The van der Waals surface area contributed by atoms with Crippen LogP contribution in [-0.2, 0) is 0 Å². The van der Waals surface area contributed by atoms with Crippen LogP contribution in [0, 0.1) is 5.82 Å². The van der Waals surface area contributed by atoms with E-state index in [1.54, 1.807) is 0 Å². The normalized spacial score (nSPS) is 21.8. The molecule has 1 heterocycles. The minimum atomic E-state index is -0.339. The zero-order valence-electron chi connectivity index (χ0n) is 10.3. The standard InChI is InChI=1S/C13H17BrFNO/c1-4-16-11-7-13(2,3)17-12-9(11)5-8(14)6-10(12)15/h5-6,11,16H,4,7H2,1-3H3. The fraction of sp³-hybridized carbons (Fsp3) is 0.538. The second-order valence-corrected chi connectivity index (χ2v) is 5.90. The van der Waals surface area contributed by atoms with Gasteiger partial charge < -0.3 is 10.1 Å². The summed E-state index contributed by atoms with van der Waals surface area (Å²) in [4.78, 5) is 0. The molecule has 2 nitrogen and oxygen atoms in total. The third kappa shape index (κ3) is 2.63. The largest absolute Gasteiger partial charge is 0.484 e. The topological polar surface area (TPSA) is 21.3 Å². The van der Waals surface area contributed by atoms with Gasteiger partial charge in [-0.25, -0.2) is 4.39 Å². The van der Waals surface area contributed by atoms with E-state index in [2.05, 4.69) is 28.2 Å². The van der Waals surface area contributed by atoms with Crippen LogP contribution in [-0.4, -0.2) is 12.1 Å². The lowest BCUT2D eigenvalue weighted by atomic mass is 9.89. The van der Waals surface area contributed by atoms with E-state index in [9.17, 15) is 4.39 Å². The molecule has 0 saturated heterocycles. The fourth-order valence-corrected chi connectivity index (χ4v) is 2.74. The highest BCUT2D eigenvalue weighted by Gasteiger charge is 2.35. The molecule has 94 valence electrons. The number of fused-ring (bicyclic) bond motifs is 1. The summed E-state index contributed by atoms with van der Waals surface area (Å²) in [5, 5.41) is 3.38. The highest BCUT2D eigenvalue weighted by molar-refractivity contribution is 9.10. The first-order valence-electron chi connectivity index (χ1n) is 5.84. The third-order valence-corrected chi connectivity index (χ3v) is 3.39. The molecular formula is C13H17BrFNO. The summed E-state index contributed by atoms with van der Waals surface area (Å²) in [6.07, 6.45) is 0.837. The van der Waals surface area contributed by atoms with Crippen LogP contribution in [0.2, 0.25) is 0 Å². The molecule has 0 radical (unpaired) electrons. The zero-order valence-corrected chi connectivity index (χ0v) is 11.9. The second kappa shape index (κ2) is 4.58. The smallest absolute Gasteiger partial charge is 0.166 e. The molecule has 17 heavy (non-hydrogen) atoms. The van der Waals surface area contributed by atoms with Crippen molar-refractivity contribution in [2.24, 2.45) is 0 Å². The van der Waals surface area contributed by atoms with Crippen molar-refractivity contribution >= 4 is 15.9 Å². The van der Waals surface area contributed by atoms with Gasteiger partial charge in [-0.15, -0.1) is 0 Å².